The van der Waals surface area contributed by atoms with E-state index in [0.717, 1.165) is 11.8 Å². The normalized spacial score (nSPS) is 20.4. The summed E-state index contributed by atoms with van der Waals surface area (Å²) in [5, 5.41) is 0. The van der Waals surface area contributed by atoms with Crippen molar-refractivity contribution in [3.8, 4) is 0 Å². The zero-order valence-electron chi connectivity index (χ0n) is 16.2. The molecular weight excluding hydrogens is 400 g/mol. The summed E-state index contributed by atoms with van der Waals surface area (Å²) in [6.45, 7) is 0.666. The number of esters is 1. The van der Waals surface area contributed by atoms with Gasteiger partial charge in [0.25, 0.3) is 0 Å². The third kappa shape index (κ3) is 5.47. The first-order valence-electron chi connectivity index (χ1n) is 9.36. The molecule has 2 aliphatic rings. The van der Waals surface area contributed by atoms with Crippen LogP contribution in [0, 0.1) is 0 Å². The quantitative estimate of drug-likeness (QED) is 0.615. The van der Waals surface area contributed by atoms with Crippen LogP contribution in [0.2, 0.25) is 0 Å². The molecule has 0 radical (unpaired) electrons. The molecule has 1 aromatic carbocycles. The molecule has 9 nitrogen and oxygen atoms in total. The van der Waals surface area contributed by atoms with Gasteiger partial charge in [0.15, 0.2) is 15.9 Å². The largest absolute Gasteiger partial charge is 0.459 e. The first-order valence-corrected chi connectivity index (χ1v) is 11.4. The standard InChI is InChI=1S/C19H24N2O7S/c1-29(25,26)13-17(22)20-9-7-15(8-10-20)21-16(12-28-19(21)24)18(23)27-11-14-5-3-2-4-6-14/h2-6,15-16H,7-13H2,1H3. The molecule has 0 spiro atoms. The lowest BCUT2D eigenvalue weighted by Gasteiger charge is -2.37. The SMILES string of the molecule is CS(=O)(=O)CC(=O)N1CCC(N2C(=O)OCC2C(=O)OCc2ccccc2)CC1. The maximum absolute atomic E-state index is 12.5. The number of nitrogens with zero attached hydrogens (tertiary/aromatic N) is 2. The van der Waals surface area contributed by atoms with Gasteiger partial charge in [-0.15, -0.1) is 0 Å². The van der Waals surface area contributed by atoms with Crippen LogP contribution in [-0.4, -0.2) is 80.0 Å². The zero-order valence-corrected chi connectivity index (χ0v) is 17.0. The van der Waals surface area contributed by atoms with Crippen molar-refractivity contribution < 1.29 is 32.3 Å². The molecule has 0 aromatic heterocycles. The number of hydrogen-bond donors (Lipinski definition) is 0. The Kier molecular flexibility index (Phi) is 6.41. The summed E-state index contributed by atoms with van der Waals surface area (Å²) < 4.78 is 33.1. The summed E-state index contributed by atoms with van der Waals surface area (Å²) in [6, 6.07) is 8.13. The predicted octanol–water partition coefficient (Wildman–Crippen LogP) is 0.586. The highest BCUT2D eigenvalue weighted by Crippen LogP contribution is 2.25. The lowest BCUT2D eigenvalue weighted by Crippen LogP contribution is -2.52. The first kappa shape index (κ1) is 21.1. The molecule has 0 aliphatic carbocycles. The number of carbonyl (C=O) groups excluding carboxylic acids is 3. The highest BCUT2D eigenvalue weighted by atomic mass is 32.2. The minimum Gasteiger partial charge on any atom is -0.459 e. The Bertz CT molecular complexity index is 864. The van der Waals surface area contributed by atoms with E-state index in [1.165, 1.54) is 9.80 Å². The fourth-order valence-electron chi connectivity index (χ4n) is 3.55. The molecule has 3 rings (SSSR count). The van der Waals surface area contributed by atoms with Gasteiger partial charge in [0.05, 0.1) is 0 Å². The highest BCUT2D eigenvalue weighted by Gasteiger charge is 2.44. The van der Waals surface area contributed by atoms with Crippen LogP contribution in [0.25, 0.3) is 0 Å². The van der Waals surface area contributed by atoms with E-state index in [9.17, 15) is 22.8 Å². The Labute approximate surface area is 169 Å². The number of benzene rings is 1. The second kappa shape index (κ2) is 8.81. The minimum atomic E-state index is -3.40. The number of sulfone groups is 1. The average Bonchev–Trinajstić information content (AvgIpc) is 3.07. The maximum Gasteiger partial charge on any atom is 0.410 e. The summed E-state index contributed by atoms with van der Waals surface area (Å²) in [7, 11) is -3.40. The van der Waals surface area contributed by atoms with Crippen molar-refractivity contribution in [2.24, 2.45) is 0 Å². The van der Waals surface area contributed by atoms with Crippen molar-refractivity contribution in [3.05, 3.63) is 35.9 Å². The van der Waals surface area contributed by atoms with Crippen molar-refractivity contribution >= 4 is 27.8 Å². The van der Waals surface area contributed by atoms with Crippen LogP contribution < -0.4 is 0 Å². The predicted molar refractivity (Wildman–Crippen MR) is 103 cm³/mol. The van der Waals surface area contributed by atoms with E-state index >= 15 is 0 Å². The second-order valence-corrected chi connectivity index (χ2v) is 9.42. The Hall–Kier alpha value is -2.62. The Balaban J connectivity index is 1.57. The number of ether oxygens (including phenoxy) is 2. The van der Waals surface area contributed by atoms with Crippen LogP contribution in [0.1, 0.15) is 18.4 Å². The Morgan fingerprint density at radius 1 is 1.17 bits per heavy atom. The van der Waals surface area contributed by atoms with Gasteiger partial charge in [-0.25, -0.2) is 18.0 Å². The average molecular weight is 424 g/mol. The molecule has 29 heavy (non-hydrogen) atoms. The fraction of sp³-hybridized carbons (Fsp3) is 0.526. The Morgan fingerprint density at radius 2 is 1.83 bits per heavy atom. The van der Waals surface area contributed by atoms with Crippen LogP contribution in [0.3, 0.4) is 0 Å². The number of rotatable bonds is 6. The fourth-order valence-corrected chi connectivity index (χ4v) is 4.18. The topological polar surface area (TPSA) is 110 Å². The zero-order chi connectivity index (χ0) is 21.0. The van der Waals surface area contributed by atoms with Crippen LogP contribution in [0.15, 0.2) is 30.3 Å². The van der Waals surface area contributed by atoms with Gasteiger partial charge in [-0.05, 0) is 18.4 Å². The summed E-state index contributed by atoms with van der Waals surface area (Å²) in [5.74, 6) is -1.51. The molecule has 0 N–H and O–H groups in total. The van der Waals surface area contributed by atoms with E-state index in [1.807, 2.05) is 30.3 Å². The summed E-state index contributed by atoms with van der Waals surface area (Å²) >= 11 is 0. The van der Waals surface area contributed by atoms with Gasteiger partial charge < -0.3 is 14.4 Å². The van der Waals surface area contributed by atoms with E-state index in [4.69, 9.17) is 9.47 Å². The second-order valence-electron chi connectivity index (χ2n) is 7.28. The van der Waals surface area contributed by atoms with Crippen LogP contribution >= 0.6 is 0 Å². The molecule has 1 atom stereocenters. The molecule has 2 aliphatic heterocycles. The van der Waals surface area contributed by atoms with Gasteiger partial charge in [0.2, 0.25) is 5.91 Å². The number of cyclic esters (lactones) is 1. The lowest BCUT2D eigenvalue weighted by molar-refractivity contribution is -0.150. The van der Waals surface area contributed by atoms with Gasteiger partial charge in [-0.3, -0.25) is 9.69 Å². The summed E-state index contributed by atoms with van der Waals surface area (Å²) in [6.07, 6.45) is 1.32. The summed E-state index contributed by atoms with van der Waals surface area (Å²) in [5.41, 5.74) is 0.843. The van der Waals surface area contributed by atoms with Gasteiger partial charge in [-0.1, -0.05) is 30.3 Å². The molecule has 0 saturated carbocycles. The molecule has 10 heteroatoms. The van der Waals surface area contributed by atoms with Crippen molar-refractivity contribution in [1.82, 2.24) is 9.80 Å². The van der Waals surface area contributed by atoms with Gasteiger partial charge in [-0.2, -0.15) is 0 Å². The molecule has 2 heterocycles. The first-order chi connectivity index (χ1) is 13.7. The van der Waals surface area contributed by atoms with Gasteiger partial charge in [0.1, 0.15) is 19.0 Å². The maximum atomic E-state index is 12.5. The molecule has 158 valence electrons. The van der Waals surface area contributed by atoms with E-state index in [0.29, 0.717) is 25.9 Å². The molecule has 0 bridgehead atoms. The van der Waals surface area contributed by atoms with Crippen molar-refractivity contribution in [1.29, 1.82) is 0 Å². The number of amides is 2. The monoisotopic (exact) mass is 424 g/mol. The highest BCUT2D eigenvalue weighted by molar-refractivity contribution is 7.91. The number of piperidine rings is 1. The molecule has 2 amide bonds. The molecule has 2 saturated heterocycles. The molecule has 1 unspecified atom stereocenters. The third-order valence-electron chi connectivity index (χ3n) is 5.00. The Morgan fingerprint density at radius 3 is 2.45 bits per heavy atom. The lowest BCUT2D eigenvalue weighted by atomic mass is 10.0. The number of carbonyl (C=O) groups is 3. The van der Waals surface area contributed by atoms with E-state index in [1.54, 1.807) is 0 Å². The molecular formula is C19H24N2O7S. The minimum absolute atomic E-state index is 0.0698. The van der Waals surface area contributed by atoms with Crippen LogP contribution in [-0.2, 0) is 35.5 Å². The van der Waals surface area contributed by atoms with Crippen molar-refractivity contribution in [2.45, 2.75) is 31.5 Å². The van der Waals surface area contributed by atoms with Gasteiger partial charge >= 0.3 is 12.1 Å². The van der Waals surface area contributed by atoms with Crippen molar-refractivity contribution in [2.75, 3.05) is 31.7 Å². The third-order valence-corrected chi connectivity index (χ3v) is 5.77. The number of hydrogen-bond acceptors (Lipinski definition) is 7. The molecule has 2 fully saturated rings. The van der Waals surface area contributed by atoms with Crippen molar-refractivity contribution in [3.63, 3.8) is 0 Å². The van der Waals surface area contributed by atoms with E-state index in [2.05, 4.69) is 0 Å². The van der Waals surface area contributed by atoms with Crippen LogP contribution in [0.4, 0.5) is 4.79 Å². The van der Waals surface area contributed by atoms with E-state index in [-0.39, 0.29) is 19.3 Å². The molecule has 1 aromatic rings. The van der Waals surface area contributed by atoms with Crippen LogP contribution in [0.5, 0.6) is 0 Å². The summed E-state index contributed by atoms with van der Waals surface area (Å²) in [4.78, 5) is 39.7. The van der Waals surface area contributed by atoms with Gasteiger partial charge in [0, 0.05) is 25.4 Å². The van der Waals surface area contributed by atoms with E-state index < -0.39 is 39.6 Å². The number of likely N-dealkylation sites (tertiary alicyclic amines) is 1. The smallest absolute Gasteiger partial charge is 0.410 e.